The van der Waals surface area contributed by atoms with E-state index in [4.69, 9.17) is 5.26 Å². The molecule has 0 radical (unpaired) electrons. The first-order valence-electron chi connectivity index (χ1n) is 6.49. The van der Waals surface area contributed by atoms with Gasteiger partial charge in [0.1, 0.15) is 11.1 Å². The molecule has 0 bridgehead atoms. The Hall–Kier alpha value is -2.47. The van der Waals surface area contributed by atoms with E-state index >= 15 is 0 Å². The summed E-state index contributed by atoms with van der Waals surface area (Å²) in [5.74, 6) is -11.6. The largest absolute Gasteiger partial charge is 0.316 e. The van der Waals surface area contributed by atoms with Gasteiger partial charge in [-0.25, -0.2) is 22.0 Å². The summed E-state index contributed by atoms with van der Waals surface area (Å²) in [5, 5.41) is 11.5. The predicted molar refractivity (Wildman–Crippen MR) is 77.1 cm³/mol. The van der Waals surface area contributed by atoms with Crippen LogP contribution in [0.1, 0.15) is 21.6 Å². The normalized spacial score (nSPS) is 10.6. The lowest BCUT2D eigenvalue weighted by atomic mass is 10.1. The number of amides is 1. The number of hydrogen-bond acceptors (Lipinski definition) is 3. The highest BCUT2D eigenvalue weighted by Crippen LogP contribution is 2.32. The second-order valence-corrected chi connectivity index (χ2v) is 6.10. The van der Waals surface area contributed by atoms with Crippen LogP contribution >= 0.6 is 11.3 Å². The van der Waals surface area contributed by atoms with Gasteiger partial charge in [-0.2, -0.15) is 5.26 Å². The number of thiophene rings is 1. The summed E-state index contributed by atoms with van der Waals surface area (Å²) in [5.41, 5.74) is -0.412. The van der Waals surface area contributed by atoms with E-state index in [1.54, 1.807) is 13.8 Å². The number of hydrogen-bond donors (Lipinski definition) is 1. The van der Waals surface area contributed by atoms with Crippen molar-refractivity contribution < 1.29 is 26.7 Å². The van der Waals surface area contributed by atoms with Crippen molar-refractivity contribution in [3.8, 4) is 6.07 Å². The van der Waals surface area contributed by atoms with E-state index in [2.05, 4.69) is 5.32 Å². The third-order valence-electron chi connectivity index (χ3n) is 3.39. The highest BCUT2D eigenvalue weighted by molar-refractivity contribution is 7.16. The first-order valence-corrected chi connectivity index (χ1v) is 7.30. The zero-order valence-electron chi connectivity index (χ0n) is 12.4. The molecule has 126 valence electrons. The van der Waals surface area contributed by atoms with Crippen molar-refractivity contribution in [2.75, 3.05) is 5.32 Å². The number of aryl methyl sites for hydroxylation is 1. The topological polar surface area (TPSA) is 52.9 Å². The second-order valence-electron chi connectivity index (χ2n) is 4.87. The smallest absolute Gasteiger partial charge is 0.229 e. The molecule has 1 amide bonds. The van der Waals surface area contributed by atoms with Crippen LogP contribution in [-0.2, 0) is 11.2 Å². The van der Waals surface area contributed by atoms with Crippen LogP contribution in [0.2, 0.25) is 0 Å². The number of carbonyl (C=O) groups excluding carboxylic acids is 1. The molecule has 0 spiro atoms. The molecular formula is C15H9F5N2OS. The Morgan fingerprint density at radius 1 is 1.04 bits per heavy atom. The fourth-order valence-electron chi connectivity index (χ4n) is 1.99. The first kappa shape index (κ1) is 17.9. The number of nitrogens with zero attached hydrogens (tertiary/aromatic N) is 1. The van der Waals surface area contributed by atoms with E-state index < -0.39 is 47.0 Å². The van der Waals surface area contributed by atoms with E-state index in [-0.39, 0.29) is 10.6 Å². The Kier molecular flexibility index (Phi) is 4.89. The molecule has 0 atom stereocenters. The number of carbonyl (C=O) groups is 1. The third kappa shape index (κ3) is 2.97. The van der Waals surface area contributed by atoms with Crippen molar-refractivity contribution in [3.05, 3.63) is 50.7 Å². The molecule has 0 unspecified atom stereocenters. The zero-order valence-corrected chi connectivity index (χ0v) is 13.2. The number of benzene rings is 1. The van der Waals surface area contributed by atoms with E-state index in [0.29, 0.717) is 5.56 Å². The predicted octanol–water partition coefficient (Wildman–Crippen LogP) is 4.11. The van der Waals surface area contributed by atoms with Crippen LogP contribution < -0.4 is 5.32 Å². The summed E-state index contributed by atoms with van der Waals surface area (Å²) in [6.45, 7) is 3.37. The molecule has 0 aliphatic rings. The average Bonchev–Trinajstić information content (AvgIpc) is 2.81. The summed E-state index contributed by atoms with van der Waals surface area (Å²) in [7, 11) is 0. The maximum atomic E-state index is 13.6. The zero-order chi connectivity index (χ0) is 18.2. The Morgan fingerprint density at radius 3 is 2.04 bits per heavy atom. The van der Waals surface area contributed by atoms with Gasteiger partial charge in [0, 0.05) is 10.4 Å². The number of anilines is 1. The van der Waals surface area contributed by atoms with Crippen molar-refractivity contribution in [2.24, 2.45) is 0 Å². The van der Waals surface area contributed by atoms with Gasteiger partial charge in [-0.3, -0.25) is 4.79 Å². The first-order chi connectivity index (χ1) is 11.2. The van der Waals surface area contributed by atoms with Gasteiger partial charge in [-0.15, -0.1) is 11.3 Å². The average molecular weight is 360 g/mol. The maximum absolute atomic E-state index is 13.6. The van der Waals surface area contributed by atoms with Gasteiger partial charge in [0.15, 0.2) is 23.3 Å². The molecular weight excluding hydrogens is 351 g/mol. The standard InChI is InChI=1S/C15H9F5N2OS/c1-5-6(2)24-15(8(5)4-21)22-9(23)3-7-10(16)12(18)14(20)13(19)11(7)17/h3H2,1-2H3,(H,22,23). The van der Waals surface area contributed by atoms with E-state index in [1.165, 1.54) is 0 Å². The Balaban J connectivity index is 2.33. The number of rotatable bonds is 3. The fourth-order valence-corrected chi connectivity index (χ4v) is 3.01. The molecule has 0 saturated heterocycles. The monoisotopic (exact) mass is 360 g/mol. The van der Waals surface area contributed by atoms with Gasteiger partial charge in [-0.1, -0.05) is 0 Å². The molecule has 3 nitrogen and oxygen atoms in total. The molecule has 24 heavy (non-hydrogen) atoms. The van der Waals surface area contributed by atoms with Crippen LogP contribution in [0.5, 0.6) is 0 Å². The minimum absolute atomic E-state index is 0.154. The lowest BCUT2D eigenvalue weighted by Crippen LogP contribution is -2.18. The van der Waals surface area contributed by atoms with E-state index in [0.717, 1.165) is 16.2 Å². The molecule has 0 fully saturated rings. The summed E-state index contributed by atoms with van der Waals surface area (Å²) in [6.07, 6.45) is -1.06. The van der Waals surface area contributed by atoms with Crippen molar-refractivity contribution in [1.82, 2.24) is 0 Å². The number of nitrogens with one attached hydrogen (secondary N) is 1. The van der Waals surface area contributed by atoms with Crippen LogP contribution in [-0.4, -0.2) is 5.91 Å². The van der Waals surface area contributed by atoms with Crippen molar-refractivity contribution in [2.45, 2.75) is 20.3 Å². The second kappa shape index (κ2) is 6.57. The van der Waals surface area contributed by atoms with Crippen molar-refractivity contribution in [1.29, 1.82) is 5.26 Å². The summed E-state index contributed by atoms with van der Waals surface area (Å²) in [4.78, 5) is 12.6. The van der Waals surface area contributed by atoms with Gasteiger partial charge < -0.3 is 5.32 Å². The molecule has 1 N–H and O–H groups in total. The molecule has 1 heterocycles. The van der Waals surface area contributed by atoms with Crippen LogP contribution in [0.25, 0.3) is 0 Å². The summed E-state index contributed by atoms with van der Waals surface area (Å²) >= 11 is 1.07. The van der Waals surface area contributed by atoms with Crippen molar-refractivity contribution in [3.63, 3.8) is 0 Å². The van der Waals surface area contributed by atoms with Gasteiger partial charge in [0.25, 0.3) is 0 Å². The molecule has 0 aliphatic heterocycles. The highest BCUT2D eigenvalue weighted by Gasteiger charge is 2.27. The Bertz CT molecular complexity index is 856. The summed E-state index contributed by atoms with van der Waals surface area (Å²) in [6, 6.07) is 1.88. The van der Waals surface area contributed by atoms with E-state index in [9.17, 15) is 26.7 Å². The lowest BCUT2D eigenvalue weighted by molar-refractivity contribution is -0.115. The van der Waals surface area contributed by atoms with Gasteiger partial charge in [-0.05, 0) is 19.4 Å². The SMILES string of the molecule is Cc1sc(NC(=O)Cc2c(F)c(F)c(F)c(F)c2F)c(C#N)c1C. The maximum Gasteiger partial charge on any atom is 0.229 e. The van der Waals surface area contributed by atoms with Gasteiger partial charge in [0.05, 0.1) is 12.0 Å². The quantitative estimate of drug-likeness (QED) is 0.509. The van der Waals surface area contributed by atoms with Gasteiger partial charge in [0.2, 0.25) is 11.7 Å². The minimum atomic E-state index is -2.29. The molecule has 9 heteroatoms. The fraction of sp³-hybridized carbons (Fsp3) is 0.200. The lowest BCUT2D eigenvalue weighted by Gasteiger charge is -2.08. The Morgan fingerprint density at radius 2 is 1.54 bits per heavy atom. The van der Waals surface area contributed by atoms with E-state index in [1.807, 2.05) is 6.07 Å². The van der Waals surface area contributed by atoms with Crippen LogP contribution in [0, 0.1) is 54.3 Å². The van der Waals surface area contributed by atoms with Crippen LogP contribution in [0.4, 0.5) is 27.0 Å². The third-order valence-corrected chi connectivity index (χ3v) is 4.51. The number of nitriles is 1. The van der Waals surface area contributed by atoms with Crippen molar-refractivity contribution >= 4 is 22.2 Å². The highest BCUT2D eigenvalue weighted by atomic mass is 32.1. The van der Waals surface area contributed by atoms with Crippen LogP contribution in [0.3, 0.4) is 0 Å². The Labute approximate surface area is 137 Å². The minimum Gasteiger partial charge on any atom is -0.316 e. The molecule has 2 rings (SSSR count). The molecule has 1 aromatic carbocycles. The number of halogens is 5. The summed E-state index contributed by atoms with van der Waals surface area (Å²) < 4.78 is 66.3. The van der Waals surface area contributed by atoms with Crippen LogP contribution in [0.15, 0.2) is 0 Å². The molecule has 1 aromatic heterocycles. The molecule has 0 saturated carbocycles. The van der Waals surface area contributed by atoms with Gasteiger partial charge >= 0.3 is 0 Å². The molecule has 2 aromatic rings. The molecule has 0 aliphatic carbocycles.